The fourth-order valence-corrected chi connectivity index (χ4v) is 2.88. The molecule has 146 valence electrons. The maximum atomic E-state index is 12.5. The van der Waals surface area contributed by atoms with E-state index in [4.69, 9.17) is 15.2 Å². The molecule has 0 radical (unpaired) electrons. The molecule has 0 fully saturated rings. The summed E-state index contributed by atoms with van der Waals surface area (Å²) in [6, 6.07) is 14.8. The van der Waals surface area contributed by atoms with Crippen LogP contribution in [0.2, 0.25) is 0 Å². The molecule has 2 heterocycles. The number of methoxy groups -OCH3 is 1. The molecule has 0 aliphatic rings. The highest BCUT2D eigenvalue weighted by Crippen LogP contribution is 2.25. The molecule has 0 aliphatic heterocycles. The Hall–Kier alpha value is -4.14. The minimum Gasteiger partial charge on any atom is -0.495 e. The van der Waals surface area contributed by atoms with Crippen molar-refractivity contribution in [3.05, 3.63) is 66.1 Å². The van der Waals surface area contributed by atoms with Gasteiger partial charge in [0.25, 0.3) is 0 Å². The van der Waals surface area contributed by atoms with Gasteiger partial charge in [-0.2, -0.15) is 15.0 Å². The van der Waals surface area contributed by atoms with Gasteiger partial charge in [-0.3, -0.25) is 0 Å². The molecule has 4 N–H and O–H groups in total. The van der Waals surface area contributed by atoms with Crippen LogP contribution in [0.1, 0.15) is 16.2 Å². The monoisotopic (exact) mass is 390 g/mol. The van der Waals surface area contributed by atoms with Crippen LogP contribution >= 0.6 is 0 Å². The Morgan fingerprint density at radius 3 is 2.76 bits per heavy atom. The van der Waals surface area contributed by atoms with Crippen molar-refractivity contribution in [3.8, 4) is 5.75 Å². The SMILES string of the molecule is COc1ccccc1Nc1nc(N)nc(COC(=O)c2c[nH]c3ccccc23)n1. The lowest BCUT2D eigenvalue weighted by molar-refractivity contribution is 0.0464. The van der Waals surface area contributed by atoms with Gasteiger partial charge in [0.05, 0.1) is 18.4 Å². The minimum atomic E-state index is -0.485. The number of carbonyl (C=O) groups is 1. The van der Waals surface area contributed by atoms with Crippen molar-refractivity contribution >= 4 is 34.5 Å². The van der Waals surface area contributed by atoms with E-state index in [2.05, 4.69) is 25.3 Å². The summed E-state index contributed by atoms with van der Waals surface area (Å²) >= 11 is 0. The van der Waals surface area contributed by atoms with Gasteiger partial charge in [-0.05, 0) is 18.2 Å². The number of hydrogen-bond donors (Lipinski definition) is 3. The van der Waals surface area contributed by atoms with Gasteiger partial charge in [0.2, 0.25) is 11.9 Å². The van der Waals surface area contributed by atoms with Crippen LogP contribution in [0.5, 0.6) is 5.75 Å². The van der Waals surface area contributed by atoms with Crippen LogP contribution in [0.15, 0.2) is 54.7 Å². The molecule has 2 aromatic carbocycles. The summed E-state index contributed by atoms with van der Waals surface area (Å²) in [7, 11) is 1.57. The summed E-state index contributed by atoms with van der Waals surface area (Å²) < 4.78 is 10.7. The van der Waals surface area contributed by atoms with Crippen molar-refractivity contribution in [2.45, 2.75) is 6.61 Å². The first kappa shape index (κ1) is 18.2. The van der Waals surface area contributed by atoms with Crippen molar-refractivity contribution in [2.24, 2.45) is 0 Å². The Morgan fingerprint density at radius 1 is 1.10 bits per heavy atom. The Kier molecular flexibility index (Phi) is 4.93. The predicted octanol–water partition coefficient (Wildman–Crippen LogP) is 3.04. The average molecular weight is 390 g/mol. The molecule has 4 rings (SSSR count). The molecule has 0 saturated carbocycles. The number of benzene rings is 2. The predicted molar refractivity (Wildman–Crippen MR) is 108 cm³/mol. The van der Waals surface area contributed by atoms with Crippen molar-refractivity contribution < 1.29 is 14.3 Å². The van der Waals surface area contributed by atoms with Gasteiger partial charge in [0, 0.05) is 17.1 Å². The molecule has 0 unspecified atom stereocenters. The van der Waals surface area contributed by atoms with Gasteiger partial charge in [-0.15, -0.1) is 0 Å². The molecule has 9 nitrogen and oxygen atoms in total. The zero-order valence-electron chi connectivity index (χ0n) is 15.5. The number of hydrogen-bond acceptors (Lipinski definition) is 8. The van der Waals surface area contributed by atoms with E-state index < -0.39 is 5.97 Å². The molecule has 0 saturated heterocycles. The van der Waals surface area contributed by atoms with Gasteiger partial charge in [-0.25, -0.2) is 4.79 Å². The second kappa shape index (κ2) is 7.85. The number of aromatic nitrogens is 4. The second-order valence-electron chi connectivity index (χ2n) is 6.08. The van der Waals surface area contributed by atoms with Gasteiger partial charge < -0.3 is 25.5 Å². The molecule has 0 spiro atoms. The van der Waals surface area contributed by atoms with Gasteiger partial charge in [-0.1, -0.05) is 30.3 Å². The Bertz CT molecular complexity index is 1170. The molecule has 9 heteroatoms. The standard InChI is InChI=1S/C20H18N6O3/c1-28-16-9-5-4-8-15(16)23-20-25-17(24-19(21)26-20)11-29-18(27)13-10-22-14-7-3-2-6-12(13)14/h2-10,22H,11H2,1H3,(H3,21,23,24,25,26). The minimum absolute atomic E-state index is 0.00976. The van der Waals surface area contributed by atoms with Crippen LogP contribution in [-0.4, -0.2) is 33.0 Å². The Labute approximate surface area is 165 Å². The largest absolute Gasteiger partial charge is 0.495 e. The molecular formula is C20H18N6O3. The number of carbonyl (C=O) groups excluding carboxylic acids is 1. The lowest BCUT2D eigenvalue weighted by atomic mass is 10.2. The number of nitrogens with zero attached hydrogens (tertiary/aromatic N) is 3. The third-order valence-electron chi connectivity index (χ3n) is 4.19. The van der Waals surface area contributed by atoms with Crippen molar-refractivity contribution in [1.82, 2.24) is 19.9 Å². The first-order chi connectivity index (χ1) is 14.1. The Balaban J connectivity index is 1.50. The van der Waals surface area contributed by atoms with Crippen LogP contribution in [0.4, 0.5) is 17.6 Å². The fourth-order valence-electron chi connectivity index (χ4n) is 2.88. The van der Waals surface area contributed by atoms with Crippen LogP contribution in [-0.2, 0) is 11.3 Å². The molecule has 0 amide bonds. The number of anilines is 3. The number of fused-ring (bicyclic) bond motifs is 1. The summed E-state index contributed by atoms with van der Waals surface area (Å²) in [6.07, 6.45) is 1.61. The fraction of sp³-hybridized carbons (Fsp3) is 0.100. The average Bonchev–Trinajstić information content (AvgIpc) is 3.16. The van der Waals surface area contributed by atoms with Crippen LogP contribution in [0, 0.1) is 0 Å². The lowest BCUT2D eigenvalue weighted by Gasteiger charge is -2.10. The number of para-hydroxylation sites is 3. The molecule has 0 aliphatic carbocycles. The summed E-state index contributed by atoms with van der Waals surface area (Å²) in [4.78, 5) is 27.9. The van der Waals surface area contributed by atoms with Crippen LogP contribution in [0.25, 0.3) is 10.9 Å². The molecule has 0 bridgehead atoms. The first-order valence-electron chi connectivity index (χ1n) is 8.78. The highest BCUT2D eigenvalue weighted by molar-refractivity contribution is 6.03. The Morgan fingerprint density at radius 2 is 1.90 bits per heavy atom. The third kappa shape index (κ3) is 3.93. The number of nitrogens with two attached hydrogens (primary N) is 1. The number of rotatable bonds is 6. The van der Waals surface area contributed by atoms with Crippen molar-refractivity contribution in [1.29, 1.82) is 0 Å². The number of H-pyrrole nitrogens is 1. The highest BCUT2D eigenvalue weighted by atomic mass is 16.5. The number of ether oxygens (including phenoxy) is 2. The van der Waals surface area contributed by atoms with E-state index in [-0.39, 0.29) is 24.3 Å². The van der Waals surface area contributed by atoms with E-state index >= 15 is 0 Å². The van der Waals surface area contributed by atoms with Crippen molar-refractivity contribution in [2.75, 3.05) is 18.2 Å². The van der Waals surface area contributed by atoms with E-state index in [0.29, 0.717) is 17.0 Å². The van der Waals surface area contributed by atoms with Gasteiger partial charge in [0.15, 0.2) is 12.4 Å². The topological polar surface area (TPSA) is 128 Å². The summed E-state index contributed by atoms with van der Waals surface area (Å²) in [6.45, 7) is -0.147. The first-order valence-corrected chi connectivity index (χ1v) is 8.78. The summed E-state index contributed by atoms with van der Waals surface area (Å²) in [5.41, 5.74) is 7.74. The van der Waals surface area contributed by atoms with Gasteiger partial charge >= 0.3 is 5.97 Å². The van der Waals surface area contributed by atoms with Crippen LogP contribution < -0.4 is 15.8 Å². The zero-order valence-corrected chi connectivity index (χ0v) is 15.5. The number of nitrogen functional groups attached to an aromatic ring is 1. The second-order valence-corrected chi connectivity index (χ2v) is 6.08. The quantitative estimate of drug-likeness (QED) is 0.429. The summed E-state index contributed by atoms with van der Waals surface area (Å²) in [5.74, 6) is 0.596. The highest BCUT2D eigenvalue weighted by Gasteiger charge is 2.15. The number of aromatic amines is 1. The normalized spacial score (nSPS) is 10.7. The molecule has 0 atom stereocenters. The number of nitrogens with one attached hydrogen (secondary N) is 2. The zero-order chi connectivity index (χ0) is 20.2. The molecule has 29 heavy (non-hydrogen) atoms. The summed E-state index contributed by atoms with van der Waals surface area (Å²) in [5, 5.41) is 3.81. The maximum absolute atomic E-state index is 12.5. The molecule has 2 aromatic heterocycles. The van der Waals surface area contributed by atoms with Gasteiger partial charge in [0.1, 0.15) is 5.75 Å². The van der Waals surface area contributed by atoms with E-state index in [1.165, 1.54) is 0 Å². The van der Waals surface area contributed by atoms with E-state index in [0.717, 1.165) is 10.9 Å². The smallest absolute Gasteiger partial charge is 0.340 e. The molecule has 4 aromatic rings. The molecular weight excluding hydrogens is 372 g/mol. The van der Waals surface area contributed by atoms with E-state index in [9.17, 15) is 4.79 Å². The third-order valence-corrected chi connectivity index (χ3v) is 4.19. The lowest BCUT2D eigenvalue weighted by Crippen LogP contribution is -2.11. The number of esters is 1. The van der Waals surface area contributed by atoms with Crippen LogP contribution in [0.3, 0.4) is 0 Å². The maximum Gasteiger partial charge on any atom is 0.340 e. The van der Waals surface area contributed by atoms with Crippen molar-refractivity contribution in [3.63, 3.8) is 0 Å². The van der Waals surface area contributed by atoms with E-state index in [1.807, 2.05) is 42.5 Å². The van der Waals surface area contributed by atoms with E-state index in [1.54, 1.807) is 19.4 Å².